The Balaban J connectivity index is 1.57. The van der Waals surface area contributed by atoms with Crippen molar-refractivity contribution < 1.29 is 28.3 Å². The van der Waals surface area contributed by atoms with Crippen LogP contribution in [0.5, 0.6) is 11.5 Å². The Morgan fingerprint density at radius 2 is 1.90 bits per heavy atom. The minimum absolute atomic E-state index is 0.00924. The van der Waals surface area contributed by atoms with E-state index in [0.29, 0.717) is 55.0 Å². The Morgan fingerprint density at radius 3 is 2.52 bits per heavy atom. The standard InChI is InChI=1S/C21H26N4O6/c1-13-22-19(31-23-13)15-8-24(17(26)9-28-2)10-21(15)11-25(12-21)20(27)14-6-5-7-16(29-3)18(14)30-4/h5-7,15H,8-12H2,1-4H3. The molecule has 1 spiro atoms. The van der Waals surface area contributed by atoms with Crippen LogP contribution in [0.25, 0.3) is 0 Å². The van der Waals surface area contributed by atoms with E-state index in [1.165, 1.54) is 21.3 Å². The molecule has 0 saturated carbocycles. The fourth-order valence-electron chi connectivity index (χ4n) is 4.57. The third-order valence-electron chi connectivity index (χ3n) is 6.04. The van der Waals surface area contributed by atoms with Crippen molar-refractivity contribution in [1.82, 2.24) is 19.9 Å². The number of carbonyl (C=O) groups is 2. The number of amides is 2. The third kappa shape index (κ3) is 3.60. The number of rotatable bonds is 6. The van der Waals surface area contributed by atoms with Crippen LogP contribution in [0.15, 0.2) is 22.7 Å². The number of nitrogens with zero attached hydrogens (tertiary/aromatic N) is 4. The van der Waals surface area contributed by atoms with E-state index in [1.807, 2.05) is 0 Å². The zero-order chi connectivity index (χ0) is 22.2. The van der Waals surface area contributed by atoms with Gasteiger partial charge in [0.15, 0.2) is 17.3 Å². The van der Waals surface area contributed by atoms with Crippen molar-refractivity contribution in [3.63, 3.8) is 0 Å². The summed E-state index contributed by atoms with van der Waals surface area (Å²) in [7, 11) is 4.54. The van der Waals surface area contributed by atoms with Gasteiger partial charge in [-0.25, -0.2) is 0 Å². The molecule has 0 bridgehead atoms. The first-order valence-corrected chi connectivity index (χ1v) is 9.99. The molecule has 10 nitrogen and oxygen atoms in total. The molecule has 2 amide bonds. The number of hydrogen-bond donors (Lipinski definition) is 0. The minimum atomic E-state index is -0.343. The summed E-state index contributed by atoms with van der Waals surface area (Å²) in [6, 6.07) is 5.23. The second-order valence-electron chi connectivity index (χ2n) is 8.00. The van der Waals surface area contributed by atoms with E-state index >= 15 is 0 Å². The van der Waals surface area contributed by atoms with Crippen molar-refractivity contribution in [2.75, 3.05) is 54.1 Å². The van der Waals surface area contributed by atoms with Gasteiger partial charge < -0.3 is 28.5 Å². The zero-order valence-corrected chi connectivity index (χ0v) is 18.1. The number of methoxy groups -OCH3 is 3. The topological polar surface area (TPSA) is 107 Å². The Kier molecular flexibility index (Phi) is 5.57. The maximum atomic E-state index is 13.2. The highest BCUT2D eigenvalue weighted by atomic mass is 16.5. The average Bonchev–Trinajstić information content (AvgIpc) is 3.35. The van der Waals surface area contributed by atoms with Crippen LogP contribution in [0.2, 0.25) is 0 Å². The molecular weight excluding hydrogens is 404 g/mol. The van der Waals surface area contributed by atoms with Gasteiger partial charge in [0.25, 0.3) is 5.91 Å². The Morgan fingerprint density at radius 1 is 1.16 bits per heavy atom. The molecule has 31 heavy (non-hydrogen) atoms. The molecule has 0 aliphatic carbocycles. The monoisotopic (exact) mass is 430 g/mol. The first-order chi connectivity index (χ1) is 14.9. The highest BCUT2D eigenvalue weighted by Gasteiger charge is 2.58. The molecule has 4 rings (SSSR count). The van der Waals surface area contributed by atoms with Crippen molar-refractivity contribution in [3.8, 4) is 11.5 Å². The summed E-state index contributed by atoms with van der Waals surface area (Å²) in [5, 5.41) is 3.91. The smallest absolute Gasteiger partial charge is 0.257 e. The molecule has 2 fully saturated rings. The van der Waals surface area contributed by atoms with Gasteiger partial charge in [0.2, 0.25) is 11.8 Å². The lowest BCUT2D eigenvalue weighted by molar-refractivity contribution is -0.134. The molecule has 3 heterocycles. The van der Waals surface area contributed by atoms with Gasteiger partial charge in [-0.1, -0.05) is 11.2 Å². The van der Waals surface area contributed by atoms with Gasteiger partial charge in [-0.05, 0) is 19.1 Å². The summed E-state index contributed by atoms with van der Waals surface area (Å²) < 4.78 is 21.2. The van der Waals surface area contributed by atoms with Gasteiger partial charge in [-0.3, -0.25) is 9.59 Å². The fraction of sp³-hybridized carbons (Fsp3) is 0.524. The van der Waals surface area contributed by atoms with Crippen LogP contribution in [-0.4, -0.2) is 85.9 Å². The molecule has 2 aliphatic rings. The molecule has 0 N–H and O–H groups in total. The number of para-hydroxylation sites is 1. The van der Waals surface area contributed by atoms with E-state index < -0.39 is 0 Å². The van der Waals surface area contributed by atoms with E-state index in [1.54, 1.807) is 34.9 Å². The van der Waals surface area contributed by atoms with Gasteiger partial charge >= 0.3 is 0 Å². The lowest BCUT2D eigenvalue weighted by Crippen LogP contribution is -2.61. The third-order valence-corrected chi connectivity index (χ3v) is 6.04. The summed E-state index contributed by atoms with van der Waals surface area (Å²) in [4.78, 5) is 33.6. The van der Waals surface area contributed by atoms with Gasteiger partial charge in [0.1, 0.15) is 6.61 Å². The molecular formula is C21H26N4O6. The van der Waals surface area contributed by atoms with Crippen molar-refractivity contribution in [2.45, 2.75) is 12.8 Å². The van der Waals surface area contributed by atoms with Crippen LogP contribution in [0.3, 0.4) is 0 Å². The van der Waals surface area contributed by atoms with Gasteiger partial charge in [0, 0.05) is 38.7 Å². The Bertz CT molecular complexity index is 984. The van der Waals surface area contributed by atoms with Gasteiger partial charge in [0.05, 0.1) is 25.7 Å². The molecule has 166 valence electrons. The largest absolute Gasteiger partial charge is 0.493 e. The molecule has 1 unspecified atom stereocenters. The molecule has 1 aromatic carbocycles. The van der Waals surface area contributed by atoms with Crippen molar-refractivity contribution in [1.29, 1.82) is 0 Å². The van der Waals surface area contributed by atoms with Crippen LogP contribution < -0.4 is 9.47 Å². The molecule has 2 aromatic rings. The number of hydrogen-bond acceptors (Lipinski definition) is 8. The van der Waals surface area contributed by atoms with Gasteiger partial charge in [-0.15, -0.1) is 0 Å². The number of aromatic nitrogens is 2. The predicted octanol–water partition coefficient (Wildman–Crippen LogP) is 1.11. The lowest BCUT2D eigenvalue weighted by atomic mass is 9.71. The summed E-state index contributed by atoms with van der Waals surface area (Å²) in [6.07, 6.45) is 0. The molecule has 0 radical (unpaired) electrons. The van der Waals surface area contributed by atoms with Crippen molar-refractivity contribution >= 4 is 11.8 Å². The van der Waals surface area contributed by atoms with E-state index in [0.717, 1.165) is 0 Å². The van der Waals surface area contributed by atoms with E-state index in [4.69, 9.17) is 18.7 Å². The maximum Gasteiger partial charge on any atom is 0.257 e. The van der Waals surface area contributed by atoms with Crippen molar-refractivity contribution in [2.24, 2.45) is 5.41 Å². The molecule has 10 heteroatoms. The second kappa shape index (κ2) is 8.18. The lowest BCUT2D eigenvalue weighted by Gasteiger charge is -2.50. The highest BCUT2D eigenvalue weighted by molar-refractivity contribution is 5.98. The number of carbonyl (C=O) groups excluding carboxylic acids is 2. The predicted molar refractivity (Wildman–Crippen MR) is 108 cm³/mol. The van der Waals surface area contributed by atoms with Crippen LogP contribution in [0.1, 0.15) is 28.0 Å². The van der Waals surface area contributed by atoms with Crippen LogP contribution in [-0.2, 0) is 9.53 Å². The Hall–Kier alpha value is -3.14. The Labute approximate surface area is 180 Å². The molecule has 1 aromatic heterocycles. The van der Waals surface area contributed by atoms with Crippen molar-refractivity contribution in [3.05, 3.63) is 35.5 Å². The zero-order valence-electron chi connectivity index (χ0n) is 18.1. The number of benzene rings is 1. The molecule has 1 atom stereocenters. The van der Waals surface area contributed by atoms with Gasteiger partial charge in [-0.2, -0.15) is 4.98 Å². The number of ether oxygens (including phenoxy) is 3. The minimum Gasteiger partial charge on any atom is -0.493 e. The van der Waals surface area contributed by atoms with E-state index in [2.05, 4.69) is 10.1 Å². The van der Waals surface area contributed by atoms with E-state index in [-0.39, 0.29) is 29.8 Å². The highest BCUT2D eigenvalue weighted by Crippen LogP contribution is 2.49. The molecule has 2 saturated heterocycles. The van der Waals surface area contributed by atoms with E-state index in [9.17, 15) is 9.59 Å². The first-order valence-electron chi connectivity index (χ1n) is 9.99. The maximum absolute atomic E-state index is 13.2. The SMILES string of the molecule is COCC(=O)N1CC(c2nc(C)no2)C2(C1)CN(C(=O)c1cccc(OC)c1OC)C2. The summed E-state index contributed by atoms with van der Waals surface area (Å²) in [5.74, 6) is 1.55. The van der Waals surface area contributed by atoms with Crippen LogP contribution in [0.4, 0.5) is 0 Å². The van der Waals surface area contributed by atoms with Crippen LogP contribution in [0, 0.1) is 12.3 Å². The average molecular weight is 430 g/mol. The summed E-state index contributed by atoms with van der Waals surface area (Å²) >= 11 is 0. The molecule has 2 aliphatic heterocycles. The number of aryl methyl sites for hydroxylation is 1. The quantitative estimate of drug-likeness (QED) is 0.671. The number of likely N-dealkylation sites (tertiary alicyclic amines) is 2. The normalized spacial score (nSPS) is 19.4. The summed E-state index contributed by atoms with van der Waals surface area (Å²) in [5.41, 5.74) is 0.0941. The van der Waals surface area contributed by atoms with Crippen LogP contribution >= 0.6 is 0 Å². The fourth-order valence-corrected chi connectivity index (χ4v) is 4.57. The first kappa shape index (κ1) is 21.1. The second-order valence-corrected chi connectivity index (χ2v) is 8.00. The summed E-state index contributed by atoms with van der Waals surface area (Å²) in [6.45, 7) is 3.65.